The molecule has 6 heteroatoms. The molecule has 0 bridgehead atoms. The number of hydrogen-bond acceptors (Lipinski definition) is 3. The van der Waals surface area contributed by atoms with Gasteiger partial charge < -0.3 is 15.1 Å². The van der Waals surface area contributed by atoms with Crippen molar-refractivity contribution in [3.8, 4) is 0 Å². The molecule has 0 heterocycles. The fourth-order valence-corrected chi connectivity index (χ4v) is 2.52. The normalized spacial score (nSPS) is 11.2. The largest absolute Gasteiger partial charge is 0.481 e. The molecule has 0 aliphatic heterocycles. The Morgan fingerprint density at radius 2 is 1.72 bits per heavy atom. The molecule has 2 N–H and O–H groups in total. The van der Waals surface area contributed by atoms with Crippen molar-refractivity contribution >= 4 is 23.5 Å². The summed E-state index contributed by atoms with van der Waals surface area (Å²) in [5, 5.41) is 18.0. The maximum absolute atomic E-state index is 12.5. The number of carboxylic acids is 2. The molecule has 0 saturated carbocycles. The number of benzene rings is 1. The van der Waals surface area contributed by atoms with Gasteiger partial charge in [0.05, 0.1) is 11.8 Å². The molecule has 0 radical (unpaired) electrons. The minimum Gasteiger partial charge on any atom is -0.481 e. The lowest BCUT2D eigenvalue weighted by Gasteiger charge is -2.27. The molecule has 1 aromatic carbocycles. The Hall–Kier alpha value is -2.37. The zero-order chi connectivity index (χ0) is 19.2. The van der Waals surface area contributed by atoms with E-state index in [1.165, 1.54) is 0 Å². The molecule has 6 nitrogen and oxygen atoms in total. The van der Waals surface area contributed by atoms with Gasteiger partial charge in [-0.25, -0.2) is 0 Å². The SMILES string of the molecule is Cc1ccc(C)c(N(CCCC(C)(C)C(=O)O)C(=O)CCC(=O)O)c1. The first-order valence-corrected chi connectivity index (χ1v) is 8.37. The Morgan fingerprint density at radius 3 is 2.28 bits per heavy atom. The van der Waals surface area contributed by atoms with Gasteiger partial charge in [-0.1, -0.05) is 12.1 Å². The molecule has 25 heavy (non-hydrogen) atoms. The summed E-state index contributed by atoms with van der Waals surface area (Å²) in [6.07, 6.45) is 0.646. The second-order valence-corrected chi connectivity index (χ2v) is 7.02. The Balaban J connectivity index is 2.95. The highest BCUT2D eigenvalue weighted by Gasteiger charge is 2.27. The van der Waals surface area contributed by atoms with Gasteiger partial charge in [0.25, 0.3) is 0 Å². The van der Waals surface area contributed by atoms with Crippen LogP contribution < -0.4 is 4.90 Å². The maximum Gasteiger partial charge on any atom is 0.309 e. The predicted octanol–water partition coefficient (Wildman–Crippen LogP) is 3.39. The summed E-state index contributed by atoms with van der Waals surface area (Å²) < 4.78 is 0. The molecular weight excluding hydrogens is 322 g/mol. The van der Waals surface area contributed by atoms with E-state index in [2.05, 4.69) is 0 Å². The summed E-state index contributed by atoms with van der Waals surface area (Å²) in [5.74, 6) is -2.14. The molecule has 0 saturated heterocycles. The van der Waals surface area contributed by atoms with Crippen LogP contribution in [0.5, 0.6) is 0 Å². The number of anilines is 1. The van der Waals surface area contributed by atoms with Gasteiger partial charge >= 0.3 is 11.9 Å². The van der Waals surface area contributed by atoms with Crippen LogP contribution >= 0.6 is 0 Å². The van der Waals surface area contributed by atoms with Gasteiger partial charge in [0.1, 0.15) is 0 Å². The number of carbonyl (C=O) groups is 3. The third-order valence-corrected chi connectivity index (χ3v) is 4.27. The molecule has 0 unspecified atom stereocenters. The third-order valence-electron chi connectivity index (χ3n) is 4.27. The van der Waals surface area contributed by atoms with Gasteiger partial charge in [-0.05, 0) is 57.7 Å². The number of amides is 1. The van der Waals surface area contributed by atoms with E-state index in [0.717, 1.165) is 16.8 Å². The maximum atomic E-state index is 12.5. The number of nitrogens with zero attached hydrogens (tertiary/aromatic N) is 1. The third kappa shape index (κ3) is 6.21. The summed E-state index contributed by atoms with van der Waals surface area (Å²) in [6, 6.07) is 5.77. The first-order chi connectivity index (χ1) is 11.5. The van der Waals surface area contributed by atoms with Crippen molar-refractivity contribution in [1.29, 1.82) is 0 Å². The van der Waals surface area contributed by atoms with E-state index < -0.39 is 17.4 Å². The zero-order valence-electron chi connectivity index (χ0n) is 15.3. The van der Waals surface area contributed by atoms with E-state index in [0.29, 0.717) is 19.4 Å². The van der Waals surface area contributed by atoms with Crippen molar-refractivity contribution in [3.05, 3.63) is 29.3 Å². The Kier molecular flexibility index (Phi) is 7.15. The second-order valence-electron chi connectivity index (χ2n) is 7.02. The molecule has 1 rings (SSSR count). The van der Waals surface area contributed by atoms with Gasteiger partial charge in [-0.3, -0.25) is 14.4 Å². The van der Waals surface area contributed by atoms with Crippen LogP contribution in [0.4, 0.5) is 5.69 Å². The van der Waals surface area contributed by atoms with Crippen molar-refractivity contribution in [2.75, 3.05) is 11.4 Å². The lowest BCUT2D eigenvalue weighted by molar-refractivity contribution is -0.147. The standard InChI is InChI=1S/C19H27NO5/c1-13-6-7-14(2)15(12-13)20(16(21)8-9-17(22)23)11-5-10-19(3,4)18(24)25/h6-7,12H,5,8-11H2,1-4H3,(H,22,23)(H,24,25). The number of carboxylic acid groups (broad SMARTS) is 2. The van der Waals surface area contributed by atoms with Crippen molar-refractivity contribution < 1.29 is 24.6 Å². The van der Waals surface area contributed by atoms with Gasteiger partial charge in [0.2, 0.25) is 5.91 Å². The van der Waals surface area contributed by atoms with Crippen molar-refractivity contribution in [3.63, 3.8) is 0 Å². The summed E-state index contributed by atoms with van der Waals surface area (Å²) in [5.41, 5.74) is 1.81. The summed E-state index contributed by atoms with van der Waals surface area (Å²) in [6.45, 7) is 7.50. The minimum absolute atomic E-state index is 0.0783. The first-order valence-electron chi connectivity index (χ1n) is 8.37. The van der Waals surface area contributed by atoms with Crippen LogP contribution in [0.15, 0.2) is 18.2 Å². The molecule has 0 aliphatic carbocycles. The quantitative estimate of drug-likeness (QED) is 0.712. The van der Waals surface area contributed by atoms with Crippen LogP contribution in [0.2, 0.25) is 0 Å². The molecule has 0 aromatic heterocycles. The van der Waals surface area contributed by atoms with Crippen molar-refractivity contribution in [2.45, 2.75) is 53.4 Å². The molecule has 138 valence electrons. The highest BCUT2D eigenvalue weighted by atomic mass is 16.4. The van der Waals surface area contributed by atoms with Gasteiger partial charge in [0.15, 0.2) is 0 Å². The topological polar surface area (TPSA) is 94.9 Å². The van der Waals surface area contributed by atoms with E-state index in [4.69, 9.17) is 5.11 Å². The zero-order valence-corrected chi connectivity index (χ0v) is 15.3. The van der Waals surface area contributed by atoms with Crippen LogP contribution in [0, 0.1) is 19.3 Å². The van der Waals surface area contributed by atoms with E-state index in [9.17, 15) is 19.5 Å². The van der Waals surface area contributed by atoms with Crippen LogP contribution in [-0.4, -0.2) is 34.6 Å². The lowest BCUT2D eigenvalue weighted by atomic mass is 9.88. The Labute approximate surface area is 148 Å². The molecule has 1 amide bonds. The van der Waals surface area contributed by atoms with Crippen LogP contribution in [-0.2, 0) is 14.4 Å². The smallest absolute Gasteiger partial charge is 0.309 e. The number of rotatable bonds is 9. The number of aliphatic carboxylic acids is 2. The summed E-state index contributed by atoms with van der Waals surface area (Å²) in [7, 11) is 0. The molecule has 0 spiro atoms. The van der Waals surface area contributed by atoms with Crippen LogP contribution in [0.1, 0.15) is 50.7 Å². The fraction of sp³-hybridized carbons (Fsp3) is 0.526. The molecule has 0 fully saturated rings. The van der Waals surface area contributed by atoms with Crippen molar-refractivity contribution in [2.24, 2.45) is 5.41 Å². The predicted molar refractivity (Wildman–Crippen MR) is 95.8 cm³/mol. The first kappa shape index (κ1) is 20.7. The minimum atomic E-state index is -1.01. The van der Waals surface area contributed by atoms with Gasteiger partial charge in [0, 0.05) is 18.7 Å². The average Bonchev–Trinajstić information content (AvgIpc) is 2.51. The highest BCUT2D eigenvalue weighted by molar-refractivity contribution is 5.95. The fourth-order valence-electron chi connectivity index (χ4n) is 2.52. The Bertz CT molecular complexity index is 651. The molecule has 1 aromatic rings. The van der Waals surface area contributed by atoms with Gasteiger partial charge in [-0.15, -0.1) is 0 Å². The number of carbonyl (C=O) groups excluding carboxylic acids is 1. The summed E-state index contributed by atoms with van der Waals surface area (Å²) >= 11 is 0. The molecule has 0 atom stereocenters. The van der Waals surface area contributed by atoms with E-state index in [1.54, 1.807) is 18.7 Å². The second kappa shape index (κ2) is 8.65. The average molecular weight is 349 g/mol. The van der Waals surface area contributed by atoms with Crippen molar-refractivity contribution in [1.82, 2.24) is 0 Å². The van der Waals surface area contributed by atoms with Crippen LogP contribution in [0.3, 0.4) is 0 Å². The van der Waals surface area contributed by atoms with Crippen LogP contribution in [0.25, 0.3) is 0 Å². The molecule has 0 aliphatic rings. The Morgan fingerprint density at radius 1 is 1.08 bits per heavy atom. The van der Waals surface area contributed by atoms with E-state index in [1.807, 2.05) is 32.0 Å². The summed E-state index contributed by atoms with van der Waals surface area (Å²) in [4.78, 5) is 36.1. The molecular formula is C19H27NO5. The monoisotopic (exact) mass is 349 g/mol. The number of hydrogen-bond donors (Lipinski definition) is 2. The van der Waals surface area contributed by atoms with E-state index >= 15 is 0 Å². The van der Waals surface area contributed by atoms with Gasteiger partial charge in [-0.2, -0.15) is 0 Å². The lowest BCUT2D eigenvalue weighted by Crippen LogP contribution is -2.34. The van der Waals surface area contributed by atoms with E-state index in [-0.39, 0.29) is 18.7 Å². The highest BCUT2D eigenvalue weighted by Crippen LogP contribution is 2.26. The number of aryl methyl sites for hydroxylation is 2.